The molecule has 0 spiro atoms. The van der Waals surface area contributed by atoms with Crippen LogP contribution in [0.2, 0.25) is 0 Å². The number of nitrogens with zero attached hydrogens (tertiary/aromatic N) is 1. The fraction of sp³-hybridized carbons (Fsp3) is 0.667. The number of aromatic nitrogens is 1. The van der Waals surface area contributed by atoms with Gasteiger partial charge >= 0.3 is 0 Å². The molecule has 0 amide bonds. The van der Waals surface area contributed by atoms with Gasteiger partial charge in [0.2, 0.25) is 0 Å². The maximum Gasteiger partial charge on any atom is 0.255 e. The Morgan fingerprint density at radius 2 is 2.11 bits per heavy atom. The Morgan fingerprint density at radius 1 is 1.33 bits per heavy atom. The molecule has 3 heteroatoms. The second-order valence-corrected chi connectivity index (χ2v) is 5.21. The van der Waals surface area contributed by atoms with Gasteiger partial charge < -0.3 is 9.88 Å². The molecule has 1 aliphatic carbocycles. The van der Waals surface area contributed by atoms with Crippen LogP contribution in [0.15, 0.2) is 23.1 Å². The standard InChI is InChI=1S/C15H24N2O/c1-2-10-16-12-13-7-6-11-17(15(13)18)14-8-4-3-5-9-14/h6-7,11,14,16H,2-5,8-10,12H2,1H3. The van der Waals surface area contributed by atoms with E-state index in [9.17, 15) is 4.79 Å². The number of rotatable bonds is 5. The molecular formula is C15H24N2O. The molecule has 0 saturated heterocycles. The predicted octanol–water partition coefficient (Wildman–Crippen LogP) is 2.85. The van der Waals surface area contributed by atoms with Crippen LogP contribution in [0.3, 0.4) is 0 Å². The smallest absolute Gasteiger partial charge is 0.255 e. The molecule has 0 aliphatic heterocycles. The van der Waals surface area contributed by atoms with Gasteiger partial charge in [-0.25, -0.2) is 0 Å². The lowest BCUT2D eigenvalue weighted by molar-refractivity contribution is 0.345. The lowest BCUT2D eigenvalue weighted by Gasteiger charge is -2.24. The molecule has 100 valence electrons. The van der Waals surface area contributed by atoms with E-state index >= 15 is 0 Å². The highest BCUT2D eigenvalue weighted by molar-refractivity contribution is 5.11. The summed E-state index contributed by atoms with van der Waals surface area (Å²) < 4.78 is 1.96. The highest BCUT2D eigenvalue weighted by Crippen LogP contribution is 2.26. The van der Waals surface area contributed by atoms with Gasteiger partial charge in [0, 0.05) is 24.3 Å². The van der Waals surface area contributed by atoms with E-state index in [-0.39, 0.29) is 5.56 Å². The van der Waals surface area contributed by atoms with Gasteiger partial charge in [0.25, 0.3) is 5.56 Å². The van der Waals surface area contributed by atoms with E-state index in [4.69, 9.17) is 0 Å². The summed E-state index contributed by atoms with van der Waals surface area (Å²) in [7, 11) is 0. The predicted molar refractivity (Wildman–Crippen MR) is 74.8 cm³/mol. The molecule has 3 nitrogen and oxygen atoms in total. The van der Waals surface area contributed by atoms with Crippen molar-refractivity contribution < 1.29 is 0 Å². The fourth-order valence-electron chi connectivity index (χ4n) is 2.74. The number of hydrogen-bond acceptors (Lipinski definition) is 2. The zero-order valence-corrected chi connectivity index (χ0v) is 11.3. The second-order valence-electron chi connectivity index (χ2n) is 5.21. The van der Waals surface area contributed by atoms with Gasteiger partial charge in [-0.05, 0) is 31.9 Å². The summed E-state index contributed by atoms with van der Waals surface area (Å²) in [5, 5.41) is 3.31. The molecule has 1 fully saturated rings. The molecule has 1 aromatic heterocycles. The van der Waals surface area contributed by atoms with Crippen molar-refractivity contribution in [1.29, 1.82) is 0 Å². The summed E-state index contributed by atoms with van der Waals surface area (Å²) >= 11 is 0. The van der Waals surface area contributed by atoms with E-state index in [0.29, 0.717) is 12.6 Å². The van der Waals surface area contributed by atoms with Gasteiger partial charge in [0.05, 0.1) is 0 Å². The van der Waals surface area contributed by atoms with Crippen molar-refractivity contribution in [2.24, 2.45) is 0 Å². The largest absolute Gasteiger partial charge is 0.312 e. The molecule has 0 bridgehead atoms. The second kappa shape index (κ2) is 6.74. The summed E-state index contributed by atoms with van der Waals surface area (Å²) in [5.74, 6) is 0. The van der Waals surface area contributed by atoms with Crippen LogP contribution in [0.4, 0.5) is 0 Å². The number of hydrogen-bond donors (Lipinski definition) is 1. The van der Waals surface area contributed by atoms with Crippen molar-refractivity contribution in [3.8, 4) is 0 Å². The van der Waals surface area contributed by atoms with E-state index in [1.807, 2.05) is 22.9 Å². The molecule has 0 unspecified atom stereocenters. The van der Waals surface area contributed by atoms with Crippen LogP contribution >= 0.6 is 0 Å². The quantitative estimate of drug-likeness (QED) is 0.813. The third-order valence-corrected chi connectivity index (χ3v) is 3.76. The first-order valence-corrected chi connectivity index (χ1v) is 7.23. The van der Waals surface area contributed by atoms with Crippen LogP contribution in [0.5, 0.6) is 0 Å². The first-order valence-electron chi connectivity index (χ1n) is 7.23. The van der Waals surface area contributed by atoms with Crippen LogP contribution in [-0.2, 0) is 6.54 Å². The van der Waals surface area contributed by atoms with Gasteiger partial charge in [-0.3, -0.25) is 4.79 Å². The van der Waals surface area contributed by atoms with Crippen LogP contribution in [0, 0.1) is 0 Å². The molecule has 1 aromatic rings. The third kappa shape index (κ3) is 3.22. The normalized spacial score (nSPS) is 16.9. The Kier molecular flexibility index (Phi) is 5.00. The minimum Gasteiger partial charge on any atom is -0.312 e. The average Bonchev–Trinajstić information content (AvgIpc) is 2.42. The Morgan fingerprint density at radius 3 is 2.83 bits per heavy atom. The van der Waals surface area contributed by atoms with Crippen molar-refractivity contribution in [3.63, 3.8) is 0 Å². The Labute approximate surface area is 109 Å². The van der Waals surface area contributed by atoms with Gasteiger partial charge in [-0.1, -0.05) is 32.3 Å². The third-order valence-electron chi connectivity index (χ3n) is 3.76. The van der Waals surface area contributed by atoms with Crippen molar-refractivity contribution in [3.05, 3.63) is 34.2 Å². The molecule has 2 rings (SSSR count). The maximum atomic E-state index is 12.4. The highest BCUT2D eigenvalue weighted by Gasteiger charge is 2.16. The van der Waals surface area contributed by atoms with Crippen LogP contribution < -0.4 is 10.9 Å². The van der Waals surface area contributed by atoms with E-state index in [0.717, 1.165) is 31.4 Å². The van der Waals surface area contributed by atoms with Gasteiger partial charge in [-0.15, -0.1) is 0 Å². The lowest BCUT2D eigenvalue weighted by Crippen LogP contribution is -2.30. The summed E-state index contributed by atoms with van der Waals surface area (Å²) in [6.45, 7) is 3.80. The molecule has 0 radical (unpaired) electrons. The monoisotopic (exact) mass is 248 g/mol. The zero-order valence-electron chi connectivity index (χ0n) is 11.3. The van der Waals surface area contributed by atoms with E-state index in [1.54, 1.807) is 0 Å². The Hall–Kier alpha value is -1.09. The topological polar surface area (TPSA) is 34.0 Å². The zero-order chi connectivity index (χ0) is 12.8. The Balaban J connectivity index is 2.11. The summed E-state index contributed by atoms with van der Waals surface area (Å²) in [6, 6.07) is 4.39. The van der Waals surface area contributed by atoms with Crippen molar-refractivity contribution in [1.82, 2.24) is 9.88 Å². The van der Waals surface area contributed by atoms with Crippen LogP contribution in [-0.4, -0.2) is 11.1 Å². The number of pyridine rings is 1. The molecule has 1 N–H and O–H groups in total. The minimum absolute atomic E-state index is 0.202. The van der Waals surface area contributed by atoms with Crippen molar-refractivity contribution in [2.75, 3.05) is 6.54 Å². The van der Waals surface area contributed by atoms with Gasteiger partial charge in [0.1, 0.15) is 0 Å². The summed E-state index contributed by atoms with van der Waals surface area (Å²) in [4.78, 5) is 12.4. The fourth-order valence-corrected chi connectivity index (χ4v) is 2.74. The van der Waals surface area contributed by atoms with Crippen LogP contribution in [0.25, 0.3) is 0 Å². The first kappa shape index (κ1) is 13.3. The molecule has 0 aromatic carbocycles. The maximum absolute atomic E-state index is 12.4. The first-order chi connectivity index (χ1) is 8.83. The highest BCUT2D eigenvalue weighted by atomic mass is 16.1. The molecular weight excluding hydrogens is 224 g/mol. The van der Waals surface area contributed by atoms with Crippen LogP contribution in [0.1, 0.15) is 57.1 Å². The van der Waals surface area contributed by atoms with E-state index in [1.165, 1.54) is 19.3 Å². The molecule has 0 atom stereocenters. The van der Waals surface area contributed by atoms with Crippen molar-refractivity contribution in [2.45, 2.75) is 58.0 Å². The van der Waals surface area contributed by atoms with Crippen molar-refractivity contribution >= 4 is 0 Å². The van der Waals surface area contributed by atoms with Gasteiger partial charge in [0.15, 0.2) is 0 Å². The average molecular weight is 248 g/mol. The molecule has 1 saturated carbocycles. The van der Waals surface area contributed by atoms with Gasteiger partial charge in [-0.2, -0.15) is 0 Å². The Bertz CT molecular complexity index is 419. The molecule has 18 heavy (non-hydrogen) atoms. The van der Waals surface area contributed by atoms with E-state index in [2.05, 4.69) is 12.2 Å². The molecule has 1 aliphatic rings. The lowest BCUT2D eigenvalue weighted by atomic mass is 9.95. The van der Waals surface area contributed by atoms with E-state index < -0.39 is 0 Å². The minimum atomic E-state index is 0.202. The summed E-state index contributed by atoms with van der Waals surface area (Å²) in [6.07, 6.45) is 9.22. The SMILES string of the molecule is CCCNCc1cccn(C2CCCCC2)c1=O. The number of nitrogens with one attached hydrogen (secondary N) is 1. The molecule has 1 heterocycles. The summed E-state index contributed by atoms with van der Waals surface area (Å²) in [5.41, 5.74) is 1.10.